The van der Waals surface area contributed by atoms with E-state index in [1.54, 1.807) is 73.7 Å². The second-order valence-corrected chi connectivity index (χ2v) is 15.1. The van der Waals surface area contributed by atoms with Crippen LogP contribution in [0.2, 0.25) is 0 Å². The molecule has 65 heavy (non-hydrogen) atoms. The molecule has 0 aliphatic carbocycles. The summed E-state index contributed by atoms with van der Waals surface area (Å²) in [6, 6.07) is 32.9. The predicted molar refractivity (Wildman–Crippen MR) is 241 cm³/mol. The van der Waals surface area contributed by atoms with Gasteiger partial charge >= 0.3 is 19.9 Å². The van der Waals surface area contributed by atoms with Crippen LogP contribution in [0.5, 0.6) is 11.5 Å². The van der Waals surface area contributed by atoms with Crippen molar-refractivity contribution < 1.29 is 57.1 Å². The number of nitrogens with zero attached hydrogens (tertiary/aromatic N) is 3. The third kappa shape index (κ3) is 12.3. The van der Waals surface area contributed by atoms with E-state index in [0.29, 0.717) is 33.8 Å². The highest BCUT2D eigenvalue weighted by atomic mass is 31.1. The molecule has 1 aliphatic heterocycles. The van der Waals surface area contributed by atoms with Crippen molar-refractivity contribution in [2.75, 3.05) is 59.0 Å². The van der Waals surface area contributed by atoms with Crippen LogP contribution in [0.25, 0.3) is 0 Å². The van der Waals surface area contributed by atoms with Gasteiger partial charge in [-0.15, -0.1) is 4.89 Å². The normalized spacial score (nSPS) is 18.3. The number of ether oxygens (including phenoxy) is 6. The van der Waals surface area contributed by atoms with Gasteiger partial charge in [-0.3, -0.25) is 9.36 Å². The Hall–Kier alpha value is -5.88. The summed E-state index contributed by atoms with van der Waals surface area (Å²) in [5.41, 5.74) is -0.411. The highest BCUT2D eigenvalue weighted by Crippen LogP contribution is 2.47. The minimum atomic E-state index is -3.58. The highest BCUT2D eigenvalue weighted by Gasteiger charge is 2.64. The zero-order valence-corrected chi connectivity index (χ0v) is 38.1. The van der Waals surface area contributed by atoms with Crippen LogP contribution in [0.15, 0.2) is 126 Å². The summed E-state index contributed by atoms with van der Waals surface area (Å²) in [6.07, 6.45) is -3.98. The standard InChI is InChI=1S/C41H40N3O13P.C6H15N/c1-4-53-35(45)26-54-36-38(44-22-21-34(43-39(44)47)42-37(46)27-13-7-5-8-14-27)56-33(41(36,48)57-58(49)50)25-55-40(28-15-9-6-10-16-28,29-17-11-19-31(23-29)51-2)30-18-12-20-32(24-30)52-3;1-4-7(5-2)6-3/h5-24,33,36,38,48H,4,25-26H2,1-3H3,(H-,42,43,46,47,49,50);4-6H2,1-3H3/p+1/t33-,36+,38-,41-;/m1./s1. The SMILES string of the molecule is CCN(CC)CC.CCOC(=O)CO[C@H]1[C@H](n2ccc(NC(=O)c3ccccc3)nc2=O)O[C@H](COC(c2ccccc2)(c2cccc(OC)c2)c2cccc(OC)c2)[C@@]1(O)O[P+](=O)O. The lowest BCUT2D eigenvalue weighted by Crippen LogP contribution is -2.53. The van der Waals surface area contributed by atoms with Crippen molar-refractivity contribution in [2.24, 2.45) is 0 Å². The van der Waals surface area contributed by atoms with Crippen LogP contribution in [-0.4, -0.2) is 108 Å². The number of nitrogens with one attached hydrogen (secondary N) is 1. The molecule has 1 fully saturated rings. The van der Waals surface area contributed by atoms with Crippen molar-refractivity contribution in [1.82, 2.24) is 14.5 Å². The Morgan fingerprint density at radius 3 is 1.92 bits per heavy atom. The molecule has 0 spiro atoms. The molecule has 18 heteroatoms. The van der Waals surface area contributed by atoms with Crippen LogP contribution < -0.4 is 20.5 Å². The van der Waals surface area contributed by atoms with Crippen molar-refractivity contribution in [3.8, 4) is 11.5 Å². The lowest BCUT2D eigenvalue weighted by atomic mass is 9.79. The first-order chi connectivity index (χ1) is 31.4. The van der Waals surface area contributed by atoms with Crippen LogP contribution in [0.4, 0.5) is 5.82 Å². The molecule has 17 nitrogen and oxygen atoms in total. The number of methoxy groups -OCH3 is 2. The van der Waals surface area contributed by atoms with Gasteiger partial charge in [0.25, 0.3) is 11.7 Å². The van der Waals surface area contributed by atoms with E-state index in [0.717, 1.165) is 4.57 Å². The Bertz CT molecular complexity index is 2330. The van der Waals surface area contributed by atoms with Gasteiger partial charge < -0.3 is 43.7 Å². The maximum atomic E-state index is 13.7. The fourth-order valence-electron chi connectivity index (χ4n) is 7.33. The van der Waals surface area contributed by atoms with Crippen molar-refractivity contribution in [1.29, 1.82) is 0 Å². The van der Waals surface area contributed by atoms with E-state index in [9.17, 15) is 28.9 Å². The number of hydrogen-bond donors (Lipinski definition) is 3. The molecule has 0 bridgehead atoms. The van der Waals surface area contributed by atoms with Crippen LogP contribution in [0.3, 0.4) is 0 Å². The molecule has 1 aromatic heterocycles. The predicted octanol–water partition coefficient (Wildman–Crippen LogP) is 6.07. The number of amides is 1. The van der Waals surface area contributed by atoms with Gasteiger partial charge in [0.2, 0.25) is 0 Å². The summed E-state index contributed by atoms with van der Waals surface area (Å²) >= 11 is 0. The topological polar surface area (TPSA) is 206 Å². The number of carbonyl (C=O) groups excluding carboxylic acids is 2. The molecule has 1 unspecified atom stereocenters. The molecule has 5 atom stereocenters. The molecule has 1 saturated heterocycles. The number of aliphatic hydroxyl groups is 1. The second kappa shape index (κ2) is 23.9. The molecule has 4 aromatic carbocycles. The van der Waals surface area contributed by atoms with Gasteiger partial charge in [-0.1, -0.05) is 98.1 Å². The Kier molecular flexibility index (Phi) is 18.4. The lowest BCUT2D eigenvalue weighted by Gasteiger charge is -2.37. The van der Waals surface area contributed by atoms with Gasteiger partial charge in [0, 0.05) is 16.3 Å². The number of benzene rings is 4. The Labute approximate surface area is 378 Å². The molecule has 346 valence electrons. The zero-order valence-electron chi connectivity index (χ0n) is 37.2. The summed E-state index contributed by atoms with van der Waals surface area (Å²) < 4.78 is 53.9. The van der Waals surface area contributed by atoms with Crippen molar-refractivity contribution in [3.05, 3.63) is 154 Å². The fourth-order valence-corrected chi connectivity index (χ4v) is 7.80. The fraction of sp³-hybridized carbons (Fsp3) is 0.362. The summed E-state index contributed by atoms with van der Waals surface area (Å²) in [6.45, 7) is 10.3. The average Bonchev–Trinajstić information content (AvgIpc) is 3.59. The van der Waals surface area contributed by atoms with Gasteiger partial charge in [0.15, 0.2) is 12.3 Å². The molecule has 5 aromatic rings. The first-order valence-corrected chi connectivity index (χ1v) is 22.2. The smallest absolute Gasteiger partial charge is 0.497 e. The van der Waals surface area contributed by atoms with Gasteiger partial charge in [-0.25, -0.2) is 9.59 Å². The van der Waals surface area contributed by atoms with Crippen LogP contribution in [0, 0.1) is 0 Å². The number of hydrogen-bond acceptors (Lipinski definition) is 14. The van der Waals surface area contributed by atoms with Gasteiger partial charge in [-0.05, 0) is 85.7 Å². The molecule has 0 radical (unpaired) electrons. The molecule has 6 rings (SSSR count). The minimum Gasteiger partial charge on any atom is -0.497 e. The summed E-state index contributed by atoms with van der Waals surface area (Å²) in [7, 11) is -0.537. The van der Waals surface area contributed by atoms with E-state index in [2.05, 4.69) is 36.0 Å². The molecule has 2 heterocycles. The van der Waals surface area contributed by atoms with Gasteiger partial charge in [0.1, 0.15) is 35.6 Å². The van der Waals surface area contributed by atoms with E-state index in [1.165, 1.54) is 46.1 Å². The third-order valence-corrected chi connectivity index (χ3v) is 11.1. The van der Waals surface area contributed by atoms with Crippen molar-refractivity contribution >= 4 is 25.9 Å². The number of carbonyl (C=O) groups is 2. The first kappa shape index (κ1) is 50.1. The summed E-state index contributed by atoms with van der Waals surface area (Å²) in [4.78, 5) is 55.5. The Morgan fingerprint density at radius 1 is 0.846 bits per heavy atom. The van der Waals surface area contributed by atoms with Crippen molar-refractivity contribution in [2.45, 2.75) is 57.5 Å². The maximum absolute atomic E-state index is 13.7. The third-order valence-electron chi connectivity index (χ3n) is 10.6. The van der Waals surface area contributed by atoms with Crippen LogP contribution in [-0.2, 0) is 38.4 Å². The highest BCUT2D eigenvalue weighted by molar-refractivity contribution is 7.32. The molecule has 3 N–H and O–H groups in total. The summed E-state index contributed by atoms with van der Waals surface area (Å²) in [5.74, 6) is -3.34. The molecular weight excluding hydrogens is 860 g/mol. The van der Waals surface area contributed by atoms with Crippen LogP contribution >= 0.6 is 8.25 Å². The Morgan fingerprint density at radius 2 is 1.42 bits per heavy atom. The maximum Gasteiger partial charge on any atom is 0.697 e. The van der Waals surface area contributed by atoms with Crippen molar-refractivity contribution in [3.63, 3.8) is 0 Å². The second-order valence-electron chi connectivity index (χ2n) is 14.4. The average molecular weight is 916 g/mol. The number of anilines is 1. The Balaban J connectivity index is 0.00000105. The molecule has 0 saturated carbocycles. The lowest BCUT2D eigenvalue weighted by molar-refractivity contribution is -0.234. The van der Waals surface area contributed by atoms with Gasteiger partial charge in [-0.2, -0.15) is 4.98 Å². The number of aromatic nitrogens is 2. The monoisotopic (exact) mass is 915 g/mol. The van der Waals surface area contributed by atoms with Gasteiger partial charge in [0.05, 0.1) is 27.4 Å². The number of esters is 1. The largest absolute Gasteiger partial charge is 0.697 e. The van der Waals surface area contributed by atoms with E-state index in [4.69, 9.17) is 32.9 Å². The molecular formula is C47H56N4O13P+. The van der Waals surface area contributed by atoms with Crippen LogP contribution in [0.1, 0.15) is 61.0 Å². The quantitative estimate of drug-likeness (QED) is 0.0351. The summed E-state index contributed by atoms with van der Waals surface area (Å²) in [5, 5.41) is 14.9. The van der Waals surface area contributed by atoms with E-state index >= 15 is 0 Å². The van der Waals surface area contributed by atoms with E-state index in [1.807, 2.05) is 42.5 Å². The minimum absolute atomic E-state index is 0.00216. The first-order valence-electron chi connectivity index (χ1n) is 21.0. The molecule has 1 amide bonds. The zero-order chi connectivity index (χ0) is 47.0. The number of rotatable bonds is 20. The molecule has 1 aliphatic rings. The van der Waals surface area contributed by atoms with E-state index < -0.39 is 68.9 Å². The van der Waals surface area contributed by atoms with E-state index in [-0.39, 0.29) is 12.4 Å².